The highest BCUT2D eigenvalue weighted by atomic mass is 16.2. The Balaban J connectivity index is 1.37. The molecule has 2 amide bonds. The lowest BCUT2D eigenvalue weighted by atomic mass is 10.1. The molecule has 0 saturated carbocycles. The molecule has 1 aliphatic heterocycles. The first-order valence-electron chi connectivity index (χ1n) is 11.0. The number of likely N-dealkylation sites (tertiary alicyclic amines) is 1. The van der Waals surface area contributed by atoms with Gasteiger partial charge in [0, 0.05) is 41.8 Å². The van der Waals surface area contributed by atoms with Gasteiger partial charge in [-0.3, -0.25) is 9.59 Å². The van der Waals surface area contributed by atoms with Gasteiger partial charge in [-0.1, -0.05) is 60.7 Å². The number of nitrogens with zero attached hydrogens (tertiary/aromatic N) is 2. The van der Waals surface area contributed by atoms with Crippen molar-refractivity contribution in [3.05, 3.63) is 90.5 Å². The molecule has 2 heterocycles. The quantitative estimate of drug-likeness (QED) is 0.471. The van der Waals surface area contributed by atoms with E-state index in [9.17, 15) is 9.59 Å². The number of carbonyl (C=O) groups is 2. The highest BCUT2D eigenvalue weighted by Gasteiger charge is 2.20. The smallest absolute Gasteiger partial charge is 0.244 e. The van der Waals surface area contributed by atoms with Crippen molar-refractivity contribution in [3.8, 4) is 11.3 Å². The predicted octanol–water partition coefficient (Wildman–Crippen LogP) is 5.07. The number of aromatic nitrogens is 1. The number of anilines is 1. The summed E-state index contributed by atoms with van der Waals surface area (Å²) in [5, 5.41) is 4.14. The normalized spacial score (nSPS) is 13.6. The standard InChI is InChI=1S/C27H25N3O2/c31-26(28-23-12-6-8-20(16-23)18-29-15-7-14-27(29)32)19-30-24-13-5-4-11-22(24)17-25(30)21-9-2-1-3-10-21/h1-6,8-13,16-17H,7,14-15,18-19H2,(H,28,31). The molecule has 0 bridgehead atoms. The topological polar surface area (TPSA) is 54.3 Å². The van der Waals surface area contributed by atoms with Crippen molar-refractivity contribution >= 4 is 28.4 Å². The van der Waals surface area contributed by atoms with Gasteiger partial charge in [-0.2, -0.15) is 0 Å². The number of rotatable bonds is 6. The number of benzene rings is 3. The number of hydrogen-bond acceptors (Lipinski definition) is 2. The Morgan fingerprint density at radius 3 is 2.53 bits per heavy atom. The first-order chi connectivity index (χ1) is 15.7. The Bertz CT molecular complexity index is 1280. The zero-order valence-electron chi connectivity index (χ0n) is 17.8. The molecule has 160 valence electrons. The second kappa shape index (κ2) is 8.71. The maximum Gasteiger partial charge on any atom is 0.244 e. The van der Waals surface area contributed by atoms with Crippen LogP contribution in [0.1, 0.15) is 18.4 Å². The summed E-state index contributed by atoms with van der Waals surface area (Å²) in [7, 11) is 0. The molecule has 0 spiro atoms. The molecule has 5 nitrogen and oxygen atoms in total. The minimum absolute atomic E-state index is 0.0852. The van der Waals surface area contributed by atoms with Crippen LogP contribution in [0.4, 0.5) is 5.69 Å². The second-order valence-corrected chi connectivity index (χ2v) is 8.21. The zero-order valence-corrected chi connectivity index (χ0v) is 17.8. The second-order valence-electron chi connectivity index (χ2n) is 8.21. The maximum absolute atomic E-state index is 13.0. The highest BCUT2D eigenvalue weighted by Crippen LogP contribution is 2.28. The van der Waals surface area contributed by atoms with Crippen LogP contribution in [0.3, 0.4) is 0 Å². The molecule has 1 N–H and O–H groups in total. The van der Waals surface area contributed by atoms with Gasteiger partial charge in [-0.25, -0.2) is 0 Å². The lowest BCUT2D eigenvalue weighted by Crippen LogP contribution is -2.24. The number of hydrogen-bond donors (Lipinski definition) is 1. The molecule has 1 aromatic heterocycles. The van der Waals surface area contributed by atoms with E-state index in [0.717, 1.165) is 46.4 Å². The van der Waals surface area contributed by atoms with Gasteiger partial charge in [0.1, 0.15) is 6.54 Å². The van der Waals surface area contributed by atoms with Crippen LogP contribution in [-0.4, -0.2) is 27.8 Å². The number of carbonyl (C=O) groups excluding carboxylic acids is 2. The lowest BCUT2D eigenvalue weighted by Gasteiger charge is -2.16. The summed E-state index contributed by atoms with van der Waals surface area (Å²) >= 11 is 0. The summed E-state index contributed by atoms with van der Waals surface area (Å²) in [4.78, 5) is 26.8. The number of amides is 2. The fourth-order valence-corrected chi connectivity index (χ4v) is 4.41. The Labute approximate surface area is 187 Å². The largest absolute Gasteiger partial charge is 0.338 e. The first-order valence-corrected chi connectivity index (χ1v) is 11.0. The van der Waals surface area contributed by atoms with E-state index in [1.807, 2.05) is 65.6 Å². The van der Waals surface area contributed by atoms with Crippen LogP contribution in [-0.2, 0) is 22.7 Å². The van der Waals surface area contributed by atoms with Gasteiger partial charge in [0.15, 0.2) is 0 Å². The van der Waals surface area contributed by atoms with Gasteiger partial charge >= 0.3 is 0 Å². The van der Waals surface area contributed by atoms with Crippen molar-refractivity contribution in [1.82, 2.24) is 9.47 Å². The van der Waals surface area contributed by atoms with E-state index in [1.165, 1.54) is 0 Å². The third-order valence-electron chi connectivity index (χ3n) is 5.94. The van der Waals surface area contributed by atoms with Gasteiger partial charge in [-0.15, -0.1) is 0 Å². The Morgan fingerprint density at radius 2 is 1.72 bits per heavy atom. The van der Waals surface area contributed by atoms with E-state index in [1.54, 1.807) is 0 Å². The third kappa shape index (κ3) is 4.14. The van der Waals surface area contributed by atoms with Gasteiger partial charge in [0.2, 0.25) is 11.8 Å². The highest BCUT2D eigenvalue weighted by molar-refractivity contribution is 5.94. The zero-order chi connectivity index (χ0) is 21.9. The monoisotopic (exact) mass is 423 g/mol. The van der Waals surface area contributed by atoms with E-state index in [4.69, 9.17) is 0 Å². The van der Waals surface area contributed by atoms with Gasteiger partial charge in [0.25, 0.3) is 0 Å². The molecule has 3 aromatic carbocycles. The summed E-state index contributed by atoms with van der Waals surface area (Å²) in [6.07, 6.45) is 1.55. The fourth-order valence-electron chi connectivity index (χ4n) is 4.41. The molecule has 4 aromatic rings. The van der Waals surface area contributed by atoms with Gasteiger partial charge < -0.3 is 14.8 Å². The molecule has 1 saturated heterocycles. The molecule has 1 fully saturated rings. The first kappa shape index (κ1) is 20.1. The number of nitrogens with one attached hydrogen (secondary N) is 1. The number of fused-ring (bicyclic) bond motifs is 1. The van der Waals surface area contributed by atoms with Crippen LogP contribution in [0.15, 0.2) is 84.9 Å². The van der Waals surface area contributed by atoms with Gasteiger partial charge in [0.05, 0.1) is 0 Å². The molecule has 5 rings (SSSR count). The number of para-hydroxylation sites is 1. The summed E-state index contributed by atoms with van der Waals surface area (Å²) in [5.74, 6) is 0.116. The van der Waals surface area contributed by atoms with Crippen LogP contribution < -0.4 is 5.32 Å². The molecule has 5 heteroatoms. The van der Waals surface area contributed by atoms with Crippen LogP contribution in [0.5, 0.6) is 0 Å². The Hall–Kier alpha value is -3.86. The van der Waals surface area contributed by atoms with Crippen molar-refractivity contribution in [2.45, 2.75) is 25.9 Å². The predicted molar refractivity (Wildman–Crippen MR) is 127 cm³/mol. The van der Waals surface area contributed by atoms with Crippen LogP contribution in [0, 0.1) is 0 Å². The third-order valence-corrected chi connectivity index (χ3v) is 5.94. The van der Waals surface area contributed by atoms with E-state index in [-0.39, 0.29) is 18.4 Å². The average molecular weight is 424 g/mol. The summed E-state index contributed by atoms with van der Waals surface area (Å²) < 4.78 is 2.06. The molecule has 0 unspecified atom stereocenters. The molecular weight excluding hydrogens is 398 g/mol. The summed E-state index contributed by atoms with van der Waals surface area (Å²) in [5.41, 5.74) is 4.89. The minimum Gasteiger partial charge on any atom is -0.338 e. The molecule has 0 radical (unpaired) electrons. The van der Waals surface area contributed by atoms with Gasteiger partial charge in [-0.05, 0) is 41.8 Å². The van der Waals surface area contributed by atoms with Crippen molar-refractivity contribution in [2.24, 2.45) is 0 Å². The average Bonchev–Trinajstić information content (AvgIpc) is 3.38. The van der Waals surface area contributed by atoms with E-state index < -0.39 is 0 Å². The molecule has 32 heavy (non-hydrogen) atoms. The van der Waals surface area contributed by atoms with E-state index in [2.05, 4.69) is 34.1 Å². The van der Waals surface area contributed by atoms with Crippen molar-refractivity contribution in [1.29, 1.82) is 0 Å². The Morgan fingerprint density at radius 1 is 0.906 bits per heavy atom. The fraction of sp³-hybridized carbons (Fsp3) is 0.185. The summed E-state index contributed by atoms with van der Waals surface area (Å²) in [6.45, 7) is 1.61. The van der Waals surface area contributed by atoms with Crippen LogP contribution >= 0.6 is 0 Å². The van der Waals surface area contributed by atoms with Crippen LogP contribution in [0.2, 0.25) is 0 Å². The molecule has 0 aliphatic carbocycles. The van der Waals surface area contributed by atoms with E-state index in [0.29, 0.717) is 13.0 Å². The Kier molecular flexibility index (Phi) is 5.46. The van der Waals surface area contributed by atoms with E-state index >= 15 is 0 Å². The lowest BCUT2D eigenvalue weighted by molar-refractivity contribution is -0.128. The van der Waals surface area contributed by atoms with Crippen molar-refractivity contribution in [2.75, 3.05) is 11.9 Å². The van der Waals surface area contributed by atoms with Crippen molar-refractivity contribution in [3.63, 3.8) is 0 Å². The molecule has 1 aliphatic rings. The molecular formula is C27H25N3O2. The SMILES string of the molecule is O=C(Cn1c(-c2ccccc2)cc2ccccc21)Nc1cccc(CN2CCCC2=O)c1. The summed E-state index contributed by atoms with van der Waals surface area (Å²) in [6, 6.07) is 28.1. The van der Waals surface area contributed by atoms with Crippen LogP contribution in [0.25, 0.3) is 22.2 Å². The van der Waals surface area contributed by atoms with Crippen molar-refractivity contribution < 1.29 is 9.59 Å². The minimum atomic E-state index is -0.0852. The maximum atomic E-state index is 13.0. The molecule has 0 atom stereocenters.